The van der Waals surface area contributed by atoms with Crippen molar-refractivity contribution in [2.24, 2.45) is 0 Å². The Bertz CT molecular complexity index is 565. The van der Waals surface area contributed by atoms with Crippen LogP contribution >= 0.6 is 61.7 Å². The number of nitrogens with zero attached hydrogens (tertiary/aromatic N) is 2. The maximum absolute atomic E-state index is 5.89. The van der Waals surface area contributed by atoms with Gasteiger partial charge in [0.15, 0.2) is 0 Å². The highest BCUT2D eigenvalue weighted by Gasteiger charge is 2.08. The molecule has 0 fully saturated rings. The lowest BCUT2D eigenvalue weighted by molar-refractivity contribution is 1.15. The van der Waals surface area contributed by atoms with Gasteiger partial charge in [-0.25, -0.2) is 9.97 Å². The number of halogens is 4. The summed E-state index contributed by atoms with van der Waals surface area (Å²) in [7, 11) is 0. The Balaban J connectivity index is 2.35. The van der Waals surface area contributed by atoms with Gasteiger partial charge in [0, 0.05) is 8.59 Å². The number of benzene rings is 1. The van der Waals surface area contributed by atoms with Crippen LogP contribution in [0.15, 0.2) is 29.0 Å². The van der Waals surface area contributed by atoms with Crippen molar-refractivity contribution in [3.8, 4) is 0 Å². The first-order chi connectivity index (χ1) is 8.08. The van der Waals surface area contributed by atoms with Crippen LogP contribution in [0.4, 0.5) is 11.5 Å². The van der Waals surface area contributed by atoms with E-state index in [0.29, 0.717) is 20.5 Å². The van der Waals surface area contributed by atoms with Gasteiger partial charge in [0.1, 0.15) is 17.3 Å². The van der Waals surface area contributed by atoms with Crippen LogP contribution < -0.4 is 5.32 Å². The molecule has 0 aliphatic carbocycles. The highest BCUT2D eigenvalue weighted by atomic mass is 127. The molecule has 1 aromatic heterocycles. The van der Waals surface area contributed by atoms with Crippen molar-refractivity contribution < 1.29 is 0 Å². The summed E-state index contributed by atoms with van der Waals surface area (Å²) in [6.07, 6.45) is 1.40. The van der Waals surface area contributed by atoms with Crippen molar-refractivity contribution in [2.45, 2.75) is 0 Å². The minimum absolute atomic E-state index is 0.367. The normalized spacial score (nSPS) is 10.4. The first kappa shape index (κ1) is 13.3. The molecule has 7 heteroatoms. The maximum atomic E-state index is 5.89. The van der Waals surface area contributed by atoms with Crippen molar-refractivity contribution >= 4 is 73.2 Å². The van der Waals surface area contributed by atoms with Crippen molar-refractivity contribution in [3.05, 3.63) is 42.7 Å². The van der Waals surface area contributed by atoms with Crippen LogP contribution in [0.25, 0.3) is 0 Å². The Morgan fingerprint density at radius 1 is 1.24 bits per heavy atom. The SMILES string of the molecule is Clc1ccc(Nc2ncnc(Cl)c2Br)c(I)c1. The van der Waals surface area contributed by atoms with E-state index in [1.54, 1.807) is 0 Å². The standard InChI is InChI=1S/C10H5BrCl2IN3/c11-8-9(13)15-4-16-10(8)17-7-2-1-5(12)3-6(7)14/h1-4H,(H,15,16,17). The zero-order valence-electron chi connectivity index (χ0n) is 8.22. The second-order valence-electron chi connectivity index (χ2n) is 3.08. The predicted octanol–water partition coefficient (Wildman–Crippen LogP) is 4.89. The molecule has 1 aromatic carbocycles. The highest BCUT2D eigenvalue weighted by Crippen LogP contribution is 2.31. The molecule has 0 aliphatic heterocycles. The molecule has 0 unspecified atom stereocenters. The molecular formula is C10H5BrCl2IN3. The Morgan fingerprint density at radius 3 is 2.71 bits per heavy atom. The fourth-order valence-corrected chi connectivity index (χ4v) is 2.60. The van der Waals surface area contributed by atoms with E-state index in [1.165, 1.54) is 6.33 Å². The third-order valence-electron chi connectivity index (χ3n) is 1.93. The third-order valence-corrected chi connectivity index (χ3v) is 4.32. The number of hydrogen-bond donors (Lipinski definition) is 1. The van der Waals surface area contributed by atoms with Gasteiger partial charge in [-0.2, -0.15) is 0 Å². The van der Waals surface area contributed by atoms with Crippen LogP contribution in [0.5, 0.6) is 0 Å². The van der Waals surface area contributed by atoms with E-state index in [1.807, 2.05) is 18.2 Å². The van der Waals surface area contributed by atoms with Gasteiger partial charge in [-0.05, 0) is 56.7 Å². The summed E-state index contributed by atoms with van der Waals surface area (Å²) in [6, 6.07) is 5.55. The molecular weight excluding hydrogens is 440 g/mol. The first-order valence-corrected chi connectivity index (χ1v) is 7.09. The van der Waals surface area contributed by atoms with E-state index in [9.17, 15) is 0 Å². The molecule has 0 amide bonds. The summed E-state index contributed by atoms with van der Waals surface area (Å²) < 4.78 is 1.63. The lowest BCUT2D eigenvalue weighted by Gasteiger charge is -2.09. The minimum Gasteiger partial charge on any atom is -0.338 e. The van der Waals surface area contributed by atoms with E-state index < -0.39 is 0 Å². The molecule has 17 heavy (non-hydrogen) atoms. The van der Waals surface area contributed by atoms with Crippen LogP contribution in [-0.2, 0) is 0 Å². The third kappa shape index (κ3) is 3.21. The van der Waals surface area contributed by atoms with Crippen molar-refractivity contribution in [3.63, 3.8) is 0 Å². The number of anilines is 2. The topological polar surface area (TPSA) is 37.8 Å². The van der Waals surface area contributed by atoms with Gasteiger partial charge < -0.3 is 5.32 Å². The van der Waals surface area contributed by atoms with E-state index in [0.717, 1.165) is 9.26 Å². The predicted molar refractivity (Wildman–Crippen MR) is 82.2 cm³/mol. The number of aromatic nitrogens is 2. The Kier molecular flexibility index (Phi) is 4.46. The Morgan fingerprint density at radius 2 is 2.00 bits per heavy atom. The fourth-order valence-electron chi connectivity index (χ4n) is 1.15. The molecule has 0 bridgehead atoms. The van der Waals surface area contributed by atoms with Crippen molar-refractivity contribution in [2.75, 3.05) is 5.32 Å². The minimum atomic E-state index is 0.367. The van der Waals surface area contributed by atoms with Gasteiger partial charge in [0.25, 0.3) is 0 Å². The molecule has 0 saturated carbocycles. The highest BCUT2D eigenvalue weighted by molar-refractivity contribution is 14.1. The molecule has 88 valence electrons. The van der Waals surface area contributed by atoms with Crippen molar-refractivity contribution in [1.29, 1.82) is 0 Å². The molecule has 0 atom stereocenters. The molecule has 3 nitrogen and oxygen atoms in total. The summed E-state index contributed by atoms with van der Waals surface area (Å²) in [4.78, 5) is 7.97. The molecule has 2 rings (SSSR count). The second-order valence-corrected chi connectivity index (χ2v) is 5.83. The van der Waals surface area contributed by atoms with Crippen LogP contribution in [0.2, 0.25) is 10.2 Å². The summed E-state index contributed by atoms with van der Waals surface area (Å²) in [5.41, 5.74) is 0.908. The molecule has 1 N–H and O–H groups in total. The average molecular weight is 445 g/mol. The maximum Gasteiger partial charge on any atom is 0.149 e. The summed E-state index contributed by atoms with van der Waals surface area (Å²) in [6.45, 7) is 0. The smallest absolute Gasteiger partial charge is 0.149 e. The van der Waals surface area contributed by atoms with Crippen LogP contribution in [-0.4, -0.2) is 9.97 Å². The Hall–Kier alpha value is -0.110. The fraction of sp³-hybridized carbons (Fsp3) is 0. The quantitative estimate of drug-likeness (QED) is 0.529. The van der Waals surface area contributed by atoms with Gasteiger partial charge in [0.2, 0.25) is 0 Å². The van der Waals surface area contributed by atoms with Gasteiger partial charge in [-0.15, -0.1) is 0 Å². The zero-order valence-corrected chi connectivity index (χ0v) is 13.5. The molecule has 2 aromatic rings. The summed E-state index contributed by atoms with van der Waals surface area (Å²) >= 11 is 17.3. The molecule has 0 spiro atoms. The molecule has 0 radical (unpaired) electrons. The molecule has 0 saturated heterocycles. The first-order valence-electron chi connectivity index (χ1n) is 4.46. The largest absolute Gasteiger partial charge is 0.338 e. The number of rotatable bonds is 2. The van der Waals surface area contributed by atoms with Gasteiger partial charge in [0.05, 0.1) is 10.2 Å². The van der Waals surface area contributed by atoms with Crippen LogP contribution in [0, 0.1) is 3.57 Å². The van der Waals surface area contributed by atoms with Crippen LogP contribution in [0.3, 0.4) is 0 Å². The van der Waals surface area contributed by atoms with Gasteiger partial charge in [-0.1, -0.05) is 23.2 Å². The molecule has 1 heterocycles. The monoisotopic (exact) mass is 443 g/mol. The number of hydrogen-bond acceptors (Lipinski definition) is 3. The van der Waals surface area contributed by atoms with E-state index in [-0.39, 0.29) is 0 Å². The number of nitrogens with one attached hydrogen (secondary N) is 1. The lowest BCUT2D eigenvalue weighted by atomic mass is 10.3. The van der Waals surface area contributed by atoms with E-state index >= 15 is 0 Å². The van der Waals surface area contributed by atoms with Gasteiger partial charge in [-0.3, -0.25) is 0 Å². The lowest BCUT2D eigenvalue weighted by Crippen LogP contribution is -1.97. The zero-order chi connectivity index (χ0) is 12.4. The summed E-state index contributed by atoms with van der Waals surface area (Å²) in [5.74, 6) is 0.616. The molecule has 0 aliphatic rings. The summed E-state index contributed by atoms with van der Waals surface area (Å²) in [5, 5.41) is 4.22. The second kappa shape index (κ2) is 5.69. The van der Waals surface area contributed by atoms with Crippen molar-refractivity contribution in [1.82, 2.24) is 9.97 Å². The van der Waals surface area contributed by atoms with E-state index in [2.05, 4.69) is 53.8 Å². The Labute approximate surface area is 130 Å². The average Bonchev–Trinajstić information content (AvgIpc) is 2.28. The van der Waals surface area contributed by atoms with Gasteiger partial charge >= 0.3 is 0 Å². The van der Waals surface area contributed by atoms with Crippen LogP contribution in [0.1, 0.15) is 0 Å². The van der Waals surface area contributed by atoms with E-state index in [4.69, 9.17) is 23.2 Å².